The molecular weight excluding hydrogens is 495 g/mol. The largest absolute Gasteiger partial charge is 0.379 e. The Hall–Kier alpha value is -0.220. The second-order valence-corrected chi connectivity index (χ2v) is 8.28. The van der Waals surface area contributed by atoms with Crippen molar-refractivity contribution in [3.05, 3.63) is 34.9 Å². The zero-order valence-electron chi connectivity index (χ0n) is 15.9. The van der Waals surface area contributed by atoms with Crippen LogP contribution >= 0.6 is 47.3 Å². The van der Waals surface area contributed by atoms with Crippen LogP contribution in [0, 0.1) is 0 Å². The molecule has 2 fully saturated rings. The highest BCUT2D eigenvalue weighted by Crippen LogP contribution is 2.33. The fourth-order valence-corrected chi connectivity index (χ4v) is 5.19. The molecule has 1 atom stereocenters. The van der Waals surface area contributed by atoms with Gasteiger partial charge in [0.25, 0.3) is 0 Å². The third kappa shape index (κ3) is 6.39. The van der Waals surface area contributed by atoms with Gasteiger partial charge in [0.15, 0.2) is 5.96 Å². The molecule has 0 saturated carbocycles. The van der Waals surface area contributed by atoms with Crippen molar-refractivity contribution < 1.29 is 4.74 Å². The van der Waals surface area contributed by atoms with Crippen LogP contribution in [0.4, 0.5) is 0 Å². The molecule has 3 rings (SSSR count). The van der Waals surface area contributed by atoms with Gasteiger partial charge in [0.2, 0.25) is 0 Å². The zero-order chi connectivity index (χ0) is 18.2. The summed E-state index contributed by atoms with van der Waals surface area (Å²) < 4.78 is 5.55. The molecule has 1 aromatic carbocycles. The minimum Gasteiger partial charge on any atom is -0.379 e. The second kappa shape index (κ2) is 11.7. The van der Waals surface area contributed by atoms with E-state index in [1.54, 1.807) is 0 Å². The van der Waals surface area contributed by atoms with Crippen LogP contribution in [0.2, 0.25) is 5.02 Å². The molecule has 0 bridgehead atoms. The van der Waals surface area contributed by atoms with Crippen molar-refractivity contribution in [1.29, 1.82) is 0 Å². The molecule has 2 N–H and O–H groups in total. The standard InChI is InChI=1S/C19H29ClN4OS.HI/c1-2-21-18(22-13-16-5-3-4-6-17(16)20)23-14-19(7-12-26-15-19)24-8-10-25-11-9-24;/h3-6H,2,7-15H2,1H3,(H2,21,22,23);1H. The first-order valence-electron chi connectivity index (χ1n) is 9.40. The number of nitrogens with zero attached hydrogens (tertiary/aromatic N) is 2. The molecule has 0 aromatic heterocycles. The van der Waals surface area contributed by atoms with Crippen molar-refractivity contribution in [2.45, 2.75) is 25.4 Å². The van der Waals surface area contributed by atoms with E-state index in [1.807, 2.05) is 24.3 Å². The maximum absolute atomic E-state index is 6.26. The van der Waals surface area contributed by atoms with Crippen LogP contribution < -0.4 is 10.6 Å². The predicted octanol–water partition coefficient (Wildman–Crippen LogP) is 3.22. The number of benzene rings is 1. The number of nitrogens with one attached hydrogen (secondary N) is 2. The van der Waals surface area contributed by atoms with E-state index in [1.165, 1.54) is 17.9 Å². The van der Waals surface area contributed by atoms with Crippen molar-refractivity contribution in [2.24, 2.45) is 4.99 Å². The number of hydrogen-bond donors (Lipinski definition) is 2. The van der Waals surface area contributed by atoms with Crippen molar-refractivity contribution in [3.8, 4) is 0 Å². The van der Waals surface area contributed by atoms with E-state index in [9.17, 15) is 0 Å². The summed E-state index contributed by atoms with van der Waals surface area (Å²) in [4.78, 5) is 7.35. The topological polar surface area (TPSA) is 48.9 Å². The minimum absolute atomic E-state index is 0. The summed E-state index contributed by atoms with van der Waals surface area (Å²) in [6.07, 6.45) is 1.22. The molecule has 152 valence electrons. The normalized spacial score (nSPS) is 23.7. The maximum Gasteiger partial charge on any atom is 0.191 e. The first kappa shape index (κ1) is 23.1. The van der Waals surface area contributed by atoms with Crippen LogP contribution in [-0.4, -0.2) is 67.3 Å². The lowest BCUT2D eigenvalue weighted by molar-refractivity contribution is -0.0120. The molecule has 2 aliphatic heterocycles. The van der Waals surface area contributed by atoms with Crippen molar-refractivity contribution in [3.63, 3.8) is 0 Å². The van der Waals surface area contributed by atoms with Gasteiger partial charge < -0.3 is 15.4 Å². The highest BCUT2D eigenvalue weighted by Gasteiger charge is 2.40. The molecular formula is C19H30ClIN4OS. The number of halogens is 2. The van der Waals surface area contributed by atoms with Crippen LogP contribution in [0.15, 0.2) is 29.3 Å². The van der Waals surface area contributed by atoms with E-state index < -0.39 is 0 Å². The number of guanidine groups is 1. The van der Waals surface area contributed by atoms with Gasteiger partial charge in [0, 0.05) is 42.5 Å². The van der Waals surface area contributed by atoms with Gasteiger partial charge in [-0.25, -0.2) is 4.99 Å². The van der Waals surface area contributed by atoms with Gasteiger partial charge in [-0.1, -0.05) is 29.8 Å². The molecule has 0 spiro atoms. The van der Waals surface area contributed by atoms with E-state index in [-0.39, 0.29) is 29.5 Å². The van der Waals surface area contributed by atoms with Crippen LogP contribution in [0.25, 0.3) is 0 Å². The van der Waals surface area contributed by atoms with E-state index in [2.05, 4.69) is 34.2 Å². The van der Waals surface area contributed by atoms with Gasteiger partial charge in [-0.2, -0.15) is 11.8 Å². The maximum atomic E-state index is 6.26. The first-order chi connectivity index (χ1) is 12.7. The highest BCUT2D eigenvalue weighted by molar-refractivity contribution is 14.0. The summed E-state index contributed by atoms with van der Waals surface area (Å²) >= 11 is 8.31. The number of hydrogen-bond acceptors (Lipinski definition) is 4. The predicted molar refractivity (Wildman–Crippen MR) is 127 cm³/mol. The first-order valence-corrected chi connectivity index (χ1v) is 10.9. The fourth-order valence-electron chi connectivity index (χ4n) is 3.52. The van der Waals surface area contributed by atoms with Crippen molar-refractivity contribution in [1.82, 2.24) is 15.5 Å². The Labute approximate surface area is 189 Å². The molecule has 2 saturated heterocycles. The smallest absolute Gasteiger partial charge is 0.191 e. The van der Waals surface area contributed by atoms with Crippen molar-refractivity contribution >= 4 is 53.3 Å². The molecule has 0 amide bonds. The summed E-state index contributed by atoms with van der Waals surface area (Å²) in [5, 5.41) is 7.72. The third-order valence-electron chi connectivity index (χ3n) is 5.06. The highest BCUT2D eigenvalue weighted by atomic mass is 127. The molecule has 5 nitrogen and oxygen atoms in total. The summed E-state index contributed by atoms with van der Waals surface area (Å²) in [7, 11) is 0. The van der Waals surface area contributed by atoms with Crippen LogP contribution in [0.1, 0.15) is 18.9 Å². The molecule has 0 aliphatic carbocycles. The molecule has 1 unspecified atom stereocenters. The lowest BCUT2D eigenvalue weighted by atomic mass is 9.95. The molecule has 27 heavy (non-hydrogen) atoms. The van der Waals surface area contributed by atoms with E-state index >= 15 is 0 Å². The number of ether oxygens (including phenoxy) is 1. The lowest BCUT2D eigenvalue weighted by Crippen LogP contribution is -2.60. The Bertz CT molecular complexity index is 607. The summed E-state index contributed by atoms with van der Waals surface area (Å²) in [5.74, 6) is 3.26. The number of aliphatic imine (C=N–C) groups is 1. The van der Waals surface area contributed by atoms with Gasteiger partial charge in [-0.15, -0.1) is 24.0 Å². The van der Waals surface area contributed by atoms with Crippen molar-refractivity contribution in [2.75, 3.05) is 50.9 Å². The molecule has 2 aliphatic rings. The minimum atomic E-state index is 0. The molecule has 1 aromatic rings. The van der Waals surface area contributed by atoms with E-state index in [4.69, 9.17) is 21.3 Å². The Morgan fingerprint density at radius 2 is 2.07 bits per heavy atom. The Morgan fingerprint density at radius 3 is 2.74 bits per heavy atom. The second-order valence-electron chi connectivity index (χ2n) is 6.77. The Balaban J connectivity index is 0.00000261. The summed E-state index contributed by atoms with van der Waals surface area (Å²) in [6.45, 7) is 8.15. The number of rotatable bonds is 6. The fraction of sp³-hybridized carbons (Fsp3) is 0.632. The number of thioether (sulfide) groups is 1. The van der Waals surface area contributed by atoms with E-state index in [0.717, 1.165) is 55.9 Å². The average molecular weight is 525 g/mol. The average Bonchev–Trinajstić information content (AvgIpc) is 3.16. The van der Waals surface area contributed by atoms with Gasteiger partial charge in [0.1, 0.15) is 0 Å². The molecule has 0 radical (unpaired) electrons. The summed E-state index contributed by atoms with van der Waals surface area (Å²) in [5.41, 5.74) is 1.25. The van der Waals surface area contributed by atoms with Crippen LogP contribution in [0.5, 0.6) is 0 Å². The van der Waals surface area contributed by atoms with Gasteiger partial charge >= 0.3 is 0 Å². The quantitative estimate of drug-likeness (QED) is 0.340. The Morgan fingerprint density at radius 1 is 1.30 bits per heavy atom. The lowest BCUT2D eigenvalue weighted by Gasteiger charge is -2.43. The zero-order valence-corrected chi connectivity index (χ0v) is 19.8. The third-order valence-corrected chi connectivity index (χ3v) is 6.66. The van der Waals surface area contributed by atoms with Crippen LogP contribution in [0.3, 0.4) is 0 Å². The Kier molecular flexibility index (Phi) is 10.00. The molecule has 2 heterocycles. The number of morpholine rings is 1. The van der Waals surface area contributed by atoms with Gasteiger partial charge in [-0.05, 0) is 30.7 Å². The SMILES string of the molecule is CCNC(=NCc1ccccc1Cl)NCC1(N2CCOCC2)CCSC1.I. The van der Waals surface area contributed by atoms with Gasteiger partial charge in [0.05, 0.1) is 19.8 Å². The molecule has 8 heteroatoms. The monoisotopic (exact) mass is 524 g/mol. The van der Waals surface area contributed by atoms with E-state index in [0.29, 0.717) is 6.54 Å². The van der Waals surface area contributed by atoms with Gasteiger partial charge in [-0.3, -0.25) is 4.90 Å². The van der Waals surface area contributed by atoms with Crippen LogP contribution in [-0.2, 0) is 11.3 Å². The summed E-state index contributed by atoms with van der Waals surface area (Å²) in [6, 6.07) is 7.89.